The molecule has 0 radical (unpaired) electrons. The van der Waals surface area contributed by atoms with Crippen molar-refractivity contribution in [1.29, 1.82) is 5.26 Å². The van der Waals surface area contributed by atoms with Crippen LogP contribution in [0.4, 0.5) is 0 Å². The van der Waals surface area contributed by atoms with Crippen molar-refractivity contribution in [3.63, 3.8) is 0 Å². The molecule has 6 nitrogen and oxygen atoms in total. The second-order valence-corrected chi connectivity index (χ2v) is 14.0. The highest BCUT2D eigenvalue weighted by molar-refractivity contribution is 9.10. The van der Waals surface area contributed by atoms with E-state index in [9.17, 15) is 4.79 Å². The number of rotatable bonds is 8. The van der Waals surface area contributed by atoms with Crippen LogP contribution in [0, 0.1) is 18.3 Å². The van der Waals surface area contributed by atoms with Gasteiger partial charge in [0, 0.05) is 21.2 Å². The van der Waals surface area contributed by atoms with E-state index >= 15 is 0 Å². The SMILES string of the molecule is Cc1c(Br)nc(C(=O)NCc2ccc(C#N)cc2)n1COCC[Si](C)(C)C. The molecule has 2 aromatic rings. The van der Waals surface area contributed by atoms with Crippen LogP contribution in [0.2, 0.25) is 25.7 Å². The van der Waals surface area contributed by atoms with Gasteiger partial charge in [-0.05, 0) is 46.6 Å². The van der Waals surface area contributed by atoms with Gasteiger partial charge in [0.05, 0.1) is 17.3 Å². The molecule has 0 bridgehead atoms. The van der Waals surface area contributed by atoms with Crippen LogP contribution in [-0.2, 0) is 18.0 Å². The zero-order valence-corrected chi connectivity index (χ0v) is 18.8. The van der Waals surface area contributed by atoms with Gasteiger partial charge in [-0.2, -0.15) is 5.26 Å². The first kappa shape index (κ1) is 21.3. The summed E-state index contributed by atoms with van der Waals surface area (Å²) in [4.78, 5) is 16.9. The highest BCUT2D eigenvalue weighted by atomic mass is 79.9. The van der Waals surface area contributed by atoms with E-state index < -0.39 is 8.07 Å². The van der Waals surface area contributed by atoms with Crippen LogP contribution in [0.3, 0.4) is 0 Å². The minimum absolute atomic E-state index is 0.262. The van der Waals surface area contributed by atoms with E-state index in [0.29, 0.717) is 35.9 Å². The highest BCUT2D eigenvalue weighted by Crippen LogP contribution is 2.18. The molecule has 0 fully saturated rings. The second kappa shape index (κ2) is 9.31. The maximum atomic E-state index is 12.6. The Kier molecular flexibility index (Phi) is 7.36. The molecule has 0 aliphatic heterocycles. The van der Waals surface area contributed by atoms with E-state index in [-0.39, 0.29) is 5.91 Å². The van der Waals surface area contributed by atoms with Gasteiger partial charge in [-0.1, -0.05) is 31.8 Å². The molecule has 0 aliphatic rings. The monoisotopic (exact) mass is 448 g/mol. The number of nitrogens with one attached hydrogen (secondary N) is 1. The first-order valence-corrected chi connectivity index (χ1v) is 13.3. The number of hydrogen-bond donors (Lipinski definition) is 1. The smallest absolute Gasteiger partial charge is 0.287 e. The van der Waals surface area contributed by atoms with Crippen LogP contribution < -0.4 is 5.32 Å². The number of ether oxygens (including phenoxy) is 1. The molecule has 27 heavy (non-hydrogen) atoms. The van der Waals surface area contributed by atoms with Crippen molar-refractivity contribution in [2.45, 2.75) is 45.9 Å². The zero-order chi connectivity index (χ0) is 20.0. The molecule has 2 rings (SSSR count). The molecular weight excluding hydrogens is 424 g/mol. The predicted molar refractivity (Wildman–Crippen MR) is 111 cm³/mol. The lowest BCUT2D eigenvalue weighted by Gasteiger charge is -2.16. The molecule has 0 spiro atoms. The molecule has 144 valence electrons. The normalized spacial score (nSPS) is 11.3. The van der Waals surface area contributed by atoms with E-state index in [0.717, 1.165) is 17.3 Å². The minimum Gasteiger partial charge on any atom is -0.361 e. The third kappa shape index (κ3) is 6.31. The van der Waals surface area contributed by atoms with Crippen LogP contribution >= 0.6 is 15.9 Å². The maximum absolute atomic E-state index is 12.6. The highest BCUT2D eigenvalue weighted by Gasteiger charge is 2.19. The average Bonchev–Trinajstić information content (AvgIpc) is 2.91. The summed E-state index contributed by atoms with van der Waals surface area (Å²) in [6.07, 6.45) is 0. The molecule has 1 aromatic heterocycles. The van der Waals surface area contributed by atoms with Crippen LogP contribution in [0.5, 0.6) is 0 Å². The van der Waals surface area contributed by atoms with Gasteiger partial charge in [0.2, 0.25) is 5.82 Å². The Labute approximate surface area is 169 Å². The summed E-state index contributed by atoms with van der Waals surface area (Å²) in [5.41, 5.74) is 2.37. The minimum atomic E-state index is -1.15. The number of carbonyl (C=O) groups is 1. The lowest BCUT2D eigenvalue weighted by atomic mass is 10.1. The second-order valence-electron chi connectivity index (χ2n) is 7.58. The Morgan fingerprint density at radius 1 is 1.33 bits per heavy atom. The molecule has 1 amide bonds. The summed E-state index contributed by atoms with van der Waals surface area (Å²) in [6.45, 7) is 10.2. The summed E-state index contributed by atoms with van der Waals surface area (Å²) in [5, 5.41) is 11.7. The fourth-order valence-corrected chi connectivity index (χ4v) is 3.47. The van der Waals surface area contributed by atoms with Gasteiger partial charge >= 0.3 is 0 Å². The molecule has 1 heterocycles. The van der Waals surface area contributed by atoms with Crippen molar-refractivity contribution in [2.24, 2.45) is 0 Å². The van der Waals surface area contributed by atoms with E-state index in [1.54, 1.807) is 16.7 Å². The Bertz CT molecular complexity index is 835. The summed E-state index contributed by atoms with van der Waals surface area (Å²) in [6, 6.07) is 10.3. The van der Waals surface area contributed by atoms with Gasteiger partial charge in [0.25, 0.3) is 5.91 Å². The molecule has 8 heteroatoms. The molecule has 0 saturated heterocycles. The third-order valence-corrected chi connectivity index (χ3v) is 6.57. The van der Waals surface area contributed by atoms with Crippen molar-refractivity contribution < 1.29 is 9.53 Å². The molecule has 0 saturated carbocycles. The van der Waals surface area contributed by atoms with E-state index in [1.165, 1.54) is 0 Å². The summed E-state index contributed by atoms with van der Waals surface area (Å²) >= 11 is 3.40. The summed E-state index contributed by atoms with van der Waals surface area (Å²) < 4.78 is 8.21. The molecule has 1 N–H and O–H groups in total. The number of nitriles is 1. The number of halogens is 1. The fourth-order valence-electron chi connectivity index (χ4n) is 2.33. The van der Waals surface area contributed by atoms with Crippen LogP contribution in [0.25, 0.3) is 0 Å². The number of hydrogen-bond acceptors (Lipinski definition) is 4. The Morgan fingerprint density at radius 2 is 2.00 bits per heavy atom. The molecule has 0 unspecified atom stereocenters. The Hall–Kier alpha value is -1.95. The van der Waals surface area contributed by atoms with Gasteiger partial charge in [-0.15, -0.1) is 0 Å². The largest absolute Gasteiger partial charge is 0.361 e. The third-order valence-electron chi connectivity index (χ3n) is 4.12. The van der Waals surface area contributed by atoms with Crippen LogP contribution in [0.1, 0.15) is 27.4 Å². The van der Waals surface area contributed by atoms with Crippen molar-refractivity contribution in [2.75, 3.05) is 6.61 Å². The van der Waals surface area contributed by atoms with Crippen molar-refractivity contribution in [1.82, 2.24) is 14.9 Å². The molecule has 0 aliphatic carbocycles. The van der Waals surface area contributed by atoms with E-state index in [4.69, 9.17) is 10.00 Å². The first-order valence-electron chi connectivity index (χ1n) is 8.79. The predicted octanol–water partition coefficient (Wildman–Crippen LogP) is 4.07. The zero-order valence-electron chi connectivity index (χ0n) is 16.2. The number of amides is 1. The van der Waals surface area contributed by atoms with E-state index in [1.807, 2.05) is 19.1 Å². The standard InChI is InChI=1S/C19H25BrN4O2Si/c1-14-17(20)23-18(24(14)13-26-9-10-27(2,3)4)19(25)22-12-16-7-5-15(11-21)6-8-16/h5-8H,9-10,12-13H2,1-4H3,(H,22,25). The van der Waals surface area contributed by atoms with Crippen LogP contribution in [0.15, 0.2) is 28.9 Å². The van der Waals surface area contributed by atoms with Crippen molar-refractivity contribution in [3.05, 3.63) is 51.5 Å². The molecule has 1 aromatic carbocycles. The summed E-state index contributed by atoms with van der Waals surface area (Å²) in [5.74, 6) is 0.0583. The van der Waals surface area contributed by atoms with Gasteiger partial charge in [0.1, 0.15) is 11.3 Å². The van der Waals surface area contributed by atoms with Crippen LogP contribution in [-0.4, -0.2) is 30.1 Å². The lowest BCUT2D eigenvalue weighted by molar-refractivity contribution is 0.0773. The Morgan fingerprint density at radius 3 is 2.59 bits per heavy atom. The topological polar surface area (TPSA) is 79.9 Å². The molecule has 0 atom stereocenters. The van der Waals surface area contributed by atoms with Gasteiger partial charge in [-0.3, -0.25) is 9.36 Å². The Balaban J connectivity index is 2.00. The molecular formula is C19H25BrN4O2Si. The number of aromatic nitrogens is 2. The first-order chi connectivity index (χ1) is 12.7. The quantitative estimate of drug-likeness (QED) is 0.487. The number of benzene rings is 1. The van der Waals surface area contributed by atoms with E-state index in [2.05, 4.69) is 51.9 Å². The number of imidazole rings is 1. The van der Waals surface area contributed by atoms with Gasteiger partial charge in [0.15, 0.2) is 0 Å². The maximum Gasteiger partial charge on any atom is 0.287 e. The lowest BCUT2D eigenvalue weighted by Crippen LogP contribution is -2.27. The van der Waals surface area contributed by atoms with Gasteiger partial charge < -0.3 is 10.1 Å². The summed E-state index contributed by atoms with van der Waals surface area (Å²) in [7, 11) is -1.15. The number of nitrogens with zero attached hydrogens (tertiary/aromatic N) is 3. The number of carbonyl (C=O) groups excluding carboxylic acids is 1. The van der Waals surface area contributed by atoms with Crippen molar-refractivity contribution in [3.8, 4) is 6.07 Å². The average molecular weight is 449 g/mol. The fraction of sp³-hybridized carbons (Fsp3) is 0.421. The van der Waals surface area contributed by atoms with Gasteiger partial charge in [-0.25, -0.2) is 4.98 Å². The van der Waals surface area contributed by atoms with Crippen molar-refractivity contribution >= 4 is 29.9 Å².